The minimum absolute atomic E-state index is 0.0175. The number of esters is 10. The van der Waals surface area contributed by atoms with Gasteiger partial charge in [0.05, 0.1) is 73.0 Å². The molecule has 10 rings (SSSR count). The van der Waals surface area contributed by atoms with Crippen LogP contribution >= 0.6 is 0 Å². The van der Waals surface area contributed by atoms with Crippen LogP contribution in [0, 0.1) is 20.8 Å². The molecule has 0 radical (unpaired) electrons. The number of hydrogen-bond donors (Lipinski definition) is 1. The van der Waals surface area contributed by atoms with Gasteiger partial charge in [0.1, 0.15) is 94.9 Å². The monoisotopic (exact) mass is 1730 g/mol. The number of ether oxygens (including phenoxy) is 14. The van der Waals surface area contributed by atoms with Crippen molar-refractivity contribution in [1.29, 1.82) is 0 Å². The van der Waals surface area contributed by atoms with Crippen molar-refractivity contribution in [2.75, 3.05) is 59.5 Å². The van der Waals surface area contributed by atoms with Crippen LogP contribution in [0.4, 0.5) is 13.2 Å². The van der Waals surface area contributed by atoms with Crippen LogP contribution in [0.5, 0.6) is 51.7 Å². The summed E-state index contributed by atoms with van der Waals surface area (Å²) in [4.78, 5) is 135. The molecule has 29 heteroatoms. The molecule has 0 aliphatic carbocycles. The molecular weight excluding hydrogens is 1640 g/mol. The highest BCUT2D eigenvalue weighted by Crippen LogP contribution is 2.32. The Hall–Kier alpha value is -14.8. The first-order valence-electron chi connectivity index (χ1n) is 39.6. The van der Waals surface area contributed by atoms with E-state index in [1.165, 1.54) is 66.7 Å². The average molecular weight is 1730 g/mol. The molecule has 0 fully saturated rings. The van der Waals surface area contributed by atoms with Crippen molar-refractivity contribution in [3.05, 3.63) is 328 Å². The van der Waals surface area contributed by atoms with Gasteiger partial charge < -0.3 is 71.4 Å². The van der Waals surface area contributed by atoms with Gasteiger partial charge in [0, 0.05) is 0 Å². The van der Waals surface area contributed by atoms with Gasteiger partial charge in [0.15, 0.2) is 5.83 Å². The smallest absolute Gasteiger partial charge is 0.366 e. The molecule has 0 atom stereocenters. The van der Waals surface area contributed by atoms with Crippen molar-refractivity contribution < 1.29 is 137 Å². The SMILES string of the molecule is C=C(F)C(=O)F.C=C(F)C(=O)OCCOC(=O)c1cc(OC(=O)c2ccc(C)cc2)ccc1OC(=O)c1ccc(OCCCC)cc1.CCCCOc1ccc(C(=O)Oc2ccc(OC(=O)c3ccc(C)cc3)cc2C(=O)OCCO)cc1.CCCCOc1ccc(C(=O)Oc2ccc(OC(=O)c3ccc(C)cc3)cc2C(=O)OCCOCc2ccccc2)cc1. The second-order valence-corrected chi connectivity index (χ2v) is 27.0. The van der Waals surface area contributed by atoms with E-state index in [-0.39, 0.29) is 99.9 Å². The molecule has 0 amide bonds. The van der Waals surface area contributed by atoms with Gasteiger partial charge in [0.2, 0.25) is 5.83 Å². The standard InChI is InChI=1S/C35H34O8.C31H29FO9.C28H28O8.C3H2F2O/c1-3-4-20-40-29-16-14-28(15-17-29)34(37)43-32-19-18-30(42-33(36)27-12-10-25(2)11-13-27)23-31(32)35(38)41-22-21-39-24-26-8-6-5-7-9-26;1-4-5-16-37-24-12-10-23(11-13-24)30(35)41-27-15-14-25(40-29(34)22-8-6-20(2)7-9-22)19-26(27)31(36)39-18-17-38-28(33)21(3)32;1-3-4-16-33-22-11-9-21(10-12-22)27(31)36-25-14-13-23(18-24(25)28(32)34-17-15-29)35-26(30)20-7-5-19(2)6-8-20;1-2(4)3(5)6/h5-19,23H,3-4,20-22,24H2,1-2H3;6-15,19H,3-5,16-18H2,1-2H3;5-14,18,29H,3-4,15-17H2,1-2H3;1H2. The largest absolute Gasteiger partial charge is 0.494 e. The lowest BCUT2D eigenvalue weighted by molar-refractivity contribution is -0.141. The molecule has 0 aliphatic heterocycles. The minimum Gasteiger partial charge on any atom is -0.494 e. The summed E-state index contributed by atoms with van der Waals surface area (Å²) in [5, 5.41) is 8.99. The van der Waals surface area contributed by atoms with Crippen LogP contribution in [0.3, 0.4) is 0 Å². The summed E-state index contributed by atoms with van der Waals surface area (Å²) >= 11 is 0. The van der Waals surface area contributed by atoms with Crippen molar-refractivity contribution >= 4 is 65.7 Å². The van der Waals surface area contributed by atoms with E-state index in [4.69, 9.17) is 71.5 Å². The fourth-order valence-corrected chi connectivity index (χ4v) is 10.2. The first kappa shape index (κ1) is 98.3. The quantitative estimate of drug-likeness (QED) is 0.00934. The number of aryl methyl sites for hydroxylation is 3. The maximum absolute atomic E-state index is 13.1. The summed E-state index contributed by atoms with van der Waals surface area (Å²) in [6.45, 7) is 17.8. The maximum atomic E-state index is 13.1. The van der Waals surface area contributed by atoms with E-state index in [1.807, 2.05) is 58.0 Å². The third-order valence-corrected chi connectivity index (χ3v) is 17.1. The third kappa shape index (κ3) is 33.9. The number of unbranched alkanes of at least 4 members (excludes halogenated alkanes) is 3. The summed E-state index contributed by atoms with van der Waals surface area (Å²) in [6.07, 6.45) is 5.76. The lowest BCUT2D eigenvalue weighted by Gasteiger charge is -2.13. The Balaban J connectivity index is 0.000000251. The highest BCUT2D eigenvalue weighted by atomic mass is 19.2. The van der Waals surface area contributed by atoms with Crippen LogP contribution in [-0.4, -0.2) is 130 Å². The van der Waals surface area contributed by atoms with Crippen molar-refractivity contribution in [2.24, 2.45) is 0 Å². The molecule has 0 unspecified atom stereocenters. The van der Waals surface area contributed by atoms with Crippen molar-refractivity contribution in [3.63, 3.8) is 0 Å². The van der Waals surface area contributed by atoms with Crippen LogP contribution in [-0.2, 0) is 39.9 Å². The van der Waals surface area contributed by atoms with Gasteiger partial charge in [-0.25, -0.2) is 52.3 Å². The van der Waals surface area contributed by atoms with Crippen molar-refractivity contribution in [3.8, 4) is 51.7 Å². The highest BCUT2D eigenvalue weighted by Gasteiger charge is 2.26. The number of carbonyl (C=O) groups is 11. The summed E-state index contributed by atoms with van der Waals surface area (Å²) in [6, 6.07) is 59.1. The molecular formula is C97H93F3O26. The Morgan fingerprint density at radius 1 is 0.302 bits per heavy atom. The van der Waals surface area contributed by atoms with Gasteiger partial charge in [-0.1, -0.05) is 137 Å². The van der Waals surface area contributed by atoms with Gasteiger partial charge in [0.25, 0.3) is 0 Å². The van der Waals surface area contributed by atoms with E-state index < -0.39 is 90.6 Å². The zero-order valence-electron chi connectivity index (χ0n) is 70.0. The molecule has 0 spiro atoms. The number of halogens is 3. The summed E-state index contributed by atoms with van der Waals surface area (Å²) in [5.41, 5.74) is 5.17. The fourth-order valence-electron chi connectivity index (χ4n) is 10.2. The van der Waals surface area contributed by atoms with Crippen molar-refractivity contribution in [2.45, 2.75) is 86.7 Å². The van der Waals surface area contributed by atoms with E-state index in [2.05, 4.69) is 31.7 Å². The van der Waals surface area contributed by atoms with Crippen LogP contribution < -0.4 is 42.6 Å². The second-order valence-electron chi connectivity index (χ2n) is 27.0. The Bertz CT molecular complexity index is 5320. The first-order valence-corrected chi connectivity index (χ1v) is 39.6. The lowest BCUT2D eigenvalue weighted by atomic mass is 10.1. The number of aliphatic hydroxyl groups is 1. The third-order valence-electron chi connectivity index (χ3n) is 17.1. The molecule has 1 N–H and O–H groups in total. The minimum atomic E-state index is -2.10. The Morgan fingerprint density at radius 3 is 0.857 bits per heavy atom. The van der Waals surface area contributed by atoms with E-state index >= 15 is 0 Å². The predicted octanol–water partition coefficient (Wildman–Crippen LogP) is 18.5. The van der Waals surface area contributed by atoms with Gasteiger partial charge in [-0.05, 0) is 209 Å². The summed E-state index contributed by atoms with van der Waals surface area (Å²) in [5.74, 6) is -9.04. The Labute approximate surface area is 725 Å². The molecule has 0 saturated carbocycles. The van der Waals surface area contributed by atoms with E-state index in [9.17, 15) is 61.1 Å². The molecule has 0 aliphatic rings. The number of carbonyl (C=O) groups excluding carboxylic acids is 11. The number of hydrogen-bond acceptors (Lipinski definition) is 26. The normalized spacial score (nSPS) is 10.3. The average Bonchev–Trinajstić information content (AvgIpc) is 0.827. The van der Waals surface area contributed by atoms with Gasteiger partial charge in [-0.2, -0.15) is 8.78 Å². The number of allylic oxidation sites excluding steroid dienone is 1. The number of benzene rings is 10. The fraction of sp³-hybridized carbons (Fsp3) is 0.227. The molecule has 0 heterocycles. The summed E-state index contributed by atoms with van der Waals surface area (Å²) in [7, 11) is 0. The van der Waals surface area contributed by atoms with E-state index in [1.54, 1.807) is 133 Å². The lowest BCUT2D eigenvalue weighted by Crippen LogP contribution is -2.17. The topological polar surface area (TPSA) is 337 Å². The van der Waals surface area contributed by atoms with Crippen LogP contribution in [0.1, 0.15) is 175 Å². The molecule has 10 aromatic carbocycles. The predicted molar refractivity (Wildman–Crippen MR) is 455 cm³/mol. The Morgan fingerprint density at radius 2 is 0.571 bits per heavy atom. The number of rotatable bonds is 39. The second kappa shape index (κ2) is 52.5. The molecule has 10 aromatic rings. The highest BCUT2D eigenvalue weighted by molar-refractivity contribution is 6.00. The zero-order chi connectivity index (χ0) is 91.3. The van der Waals surface area contributed by atoms with Crippen LogP contribution in [0.25, 0.3) is 0 Å². The van der Waals surface area contributed by atoms with E-state index in [0.29, 0.717) is 54.8 Å². The molecule has 658 valence electrons. The van der Waals surface area contributed by atoms with E-state index in [0.717, 1.165) is 60.8 Å². The molecule has 0 saturated heterocycles. The van der Waals surface area contributed by atoms with Crippen molar-refractivity contribution in [1.82, 2.24) is 0 Å². The maximum Gasteiger partial charge on any atom is 0.366 e. The Kier molecular flexibility index (Phi) is 40.9. The zero-order valence-corrected chi connectivity index (χ0v) is 70.0. The van der Waals surface area contributed by atoms with Gasteiger partial charge in [-0.3, -0.25) is 4.79 Å². The molecule has 0 bridgehead atoms. The van der Waals surface area contributed by atoms with Gasteiger partial charge >= 0.3 is 65.7 Å². The summed E-state index contributed by atoms with van der Waals surface area (Å²) < 4.78 is 110. The molecule has 0 aromatic heterocycles. The number of aliphatic hydroxyl groups excluding tert-OH is 1. The van der Waals surface area contributed by atoms with Crippen LogP contribution in [0.2, 0.25) is 0 Å². The molecule has 126 heavy (non-hydrogen) atoms. The van der Waals surface area contributed by atoms with Crippen LogP contribution in [0.15, 0.2) is 255 Å². The molecule has 26 nitrogen and oxygen atoms in total. The first-order chi connectivity index (χ1) is 60.6. The van der Waals surface area contributed by atoms with Gasteiger partial charge in [-0.15, -0.1) is 0 Å².